The summed E-state index contributed by atoms with van der Waals surface area (Å²) in [5.41, 5.74) is 0. The summed E-state index contributed by atoms with van der Waals surface area (Å²) in [5, 5.41) is 54.2. The quantitative estimate of drug-likeness (QED) is 0.0262. The van der Waals surface area contributed by atoms with E-state index in [1.165, 1.54) is 96.3 Å². The first kappa shape index (κ1) is 60.1. The van der Waals surface area contributed by atoms with Crippen LogP contribution in [0.5, 0.6) is 0 Å². The molecule has 1 aliphatic heterocycles. The first-order chi connectivity index (χ1) is 31.8. The maximum absolute atomic E-state index is 13.0. The van der Waals surface area contributed by atoms with Crippen LogP contribution in [0.3, 0.4) is 0 Å². The van der Waals surface area contributed by atoms with Gasteiger partial charge in [0.15, 0.2) is 6.29 Å². The molecule has 1 heterocycles. The molecule has 65 heavy (non-hydrogen) atoms. The van der Waals surface area contributed by atoms with Gasteiger partial charge in [0.1, 0.15) is 24.4 Å². The zero-order valence-corrected chi connectivity index (χ0v) is 41.0. The molecule has 1 rings (SSSR count). The minimum atomic E-state index is -1.58. The van der Waals surface area contributed by atoms with Crippen molar-refractivity contribution < 1.29 is 39.8 Å². The Hall–Kier alpha value is -2.89. The molecule has 6 N–H and O–H groups in total. The van der Waals surface area contributed by atoms with Gasteiger partial charge >= 0.3 is 0 Å². The number of unbranched alkanes of at least 4 members (excludes halogenated alkanes) is 18. The molecule has 0 saturated carbocycles. The molecule has 9 heteroatoms. The summed E-state index contributed by atoms with van der Waals surface area (Å²) >= 11 is 0. The predicted molar refractivity (Wildman–Crippen MR) is 271 cm³/mol. The summed E-state index contributed by atoms with van der Waals surface area (Å²) in [6.45, 7) is 3.60. The molecular formula is C56H95NO8. The molecule has 0 bridgehead atoms. The average Bonchev–Trinajstić information content (AvgIpc) is 3.31. The van der Waals surface area contributed by atoms with Crippen molar-refractivity contribution in [1.29, 1.82) is 0 Å². The number of carbonyl (C=O) groups excluding carboxylic acids is 1. The lowest BCUT2D eigenvalue weighted by Crippen LogP contribution is -2.60. The second-order valence-electron chi connectivity index (χ2n) is 17.6. The highest BCUT2D eigenvalue weighted by molar-refractivity contribution is 5.76. The molecule has 372 valence electrons. The van der Waals surface area contributed by atoms with Crippen LogP contribution in [0.4, 0.5) is 0 Å². The lowest BCUT2D eigenvalue weighted by Gasteiger charge is -2.40. The fourth-order valence-corrected chi connectivity index (χ4v) is 7.53. The summed E-state index contributed by atoms with van der Waals surface area (Å²) in [6.07, 6.45) is 57.6. The maximum Gasteiger partial charge on any atom is 0.220 e. The van der Waals surface area contributed by atoms with Crippen LogP contribution < -0.4 is 5.32 Å². The summed E-state index contributed by atoms with van der Waals surface area (Å²) in [4.78, 5) is 13.0. The molecule has 0 aromatic carbocycles. The van der Waals surface area contributed by atoms with Gasteiger partial charge in [0, 0.05) is 6.42 Å². The Bertz CT molecular complexity index is 1330. The molecule has 0 aromatic heterocycles. The van der Waals surface area contributed by atoms with Gasteiger partial charge in [0.05, 0.1) is 25.4 Å². The van der Waals surface area contributed by atoms with E-state index in [0.717, 1.165) is 77.0 Å². The largest absolute Gasteiger partial charge is 0.394 e. The molecule has 1 fully saturated rings. The second kappa shape index (κ2) is 44.9. The third kappa shape index (κ3) is 35.0. The summed E-state index contributed by atoms with van der Waals surface area (Å²) in [6, 6.07) is -0.827. The van der Waals surface area contributed by atoms with Crippen LogP contribution in [0.1, 0.15) is 194 Å². The number of allylic oxidation sites excluding steroid dienone is 15. The fourth-order valence-electron chi connectivity index (χ4n) is 7.53. The first-order valence-corrected chi connectivity index (χ1v) is 26.0. The normalized spacial score (nSPS) is 20.8. The van der Waals surface area contributed by atoms with Crippen LogP contribution in [0.15, 0.2) is 97.2 Å². The van der Waals surface area contributed by atoms with E-state index in [-0.39, 0.29) is 12.5 Å². The van der Waals surface area contributed by atoms with Crippen LogP contribution in [-0.4, -0.2) is 87.5 Å². The van der Waals surface area contributed by atoms with Crippen molar-refractivity contribution in [2.45, 2.75) is 236 Å². The van der Waals surface area contributed by atoms with Gasteiger partial charge in [-0.25, -0.2) is 0 Å². The van der Waals surface area contributed by atoms with Crippen molar-refractivity contribution in [2.24, 2.45) is 0 Å². The van der Waals surface area contributed by atoms with Crippen molar-refractivity contribution in [1.82, 2.24) is 5.32 Å². The molecule has 7 unspecified atom stereocenters. The molecule has 1 aliphatic rings. The lowest BCUT2D eigenvalue weighted by molar-refractivity contribution is -0.302. The van der Waals surface area contributed by atoms with E-state index in [1.54, 1.807) is 6.08 Å². The number of amides is 1. The van der Waals surface area contributed by atoms with Crippen LogP contribution in [-0.2, 0) is 14.3 Å². The number of carbonyl (C=O) groups is 1. The summed E-state index contributed by atoms with van der Waals surface area (Å²) in [5.74, 6) is -0.195. The number of aliphatic hydroxyl groups excluding tert-OH is 5. The van der Waals surface area contributed by atoms with Gasteiger partial charge in [-0.05, 0) is 83.5 Å². The third-order valence-electron chi connectivity index (χ3n) is 11.6. The van der Waals surface area contributed by atoms with E-state index >= 15 is 0 Å². The Balaban J connectivity index is 2.19. The Morgan fingerprint density at radius 1 is 0.538 bits per heavy atom. The number of rotatable bonds is 42. The zero-order chi connectivity index (χ0) is 47.3. The second-order valence-corrected chi connectivity index (χ2v) is 17.6. The first-order valence-electron chi connectivity index (χ1n) is 26.0. The molecule has 7 atom stereocenters. The average molecular weight is 910 g/mol. The molecule has 0 aliphatic carbocycles. The van der Waals surface area contributed by atoms with E-state index in [2.05, 4.69) is 104 Å². The smallest absolute Gasteiger partial charge is 0.220 e. The topological polar surface area (TPSA) is 149 Å². The van der Waals surface area contributed by atoms with Gasteiger partial charge < -0.3 is 40.3 Å². The van der Waals surface area contributed by atoms with Gasteiger partial charge in [-0.15, -0.1) is 0 Å². The minimum absolute atomic E-state index is 0.195. The number of hydrogen-bond acceptors (Lipinski definition) is 8. The molecule has 1 saturated heterocycles. The van der Waals surface area contributed by atoms with Crippen molar-refractivity contribution in [3.05, 3.63) is 97.2 Å². The molecule has 9 nitrogen and oxygen atoms in total. The number of hydrogen-bond donors (Lipinski definition) is 6. The predicted octanol–water partition coefficient (Wildman–Crippen LogP) is 12.1. The highest BCUT2D eigenvalue weighted by atomic mass is 16.7. The number of nitrogens with one attached hydrogen (secondary N) is 1. The molecule has 0 aromatic rings. The number of aliphatic hydroxyl groups is 5. The van der Waals surface area contributed by atoms with Crippen molar-refractivity contribution >= 4 is 5.91 Å². The van der Waals surface area contributed by atoms with E-state index in [1.807, 2.05) is 6.08 Å². The summed E-state index contributed by atoms with van der Waals surface area (Å²) < 4.78 is 11.2. The highest BCUT2D eigenvalue weighted by Gasteiger charge is 2.44. The molecule has 0 spiro atoms. The van der Waals surface area contributed by atoms with Crippen LogP contribution in [0.2, 0.25) is 0 Å². The standard InChI is InChI=1S/C56H95NO8/c1-3-5-7-9-11-13-15-16-17-18-19-20-21-22-23-24-25-26-27-28-29-30-31-32-33-34-36-38-40-42-44-46-52(60)57-49(48-64-56-55(63)54(62)53(61)51(47-58)65-56)50(59)45-43-41-39-37-35-14-12-10-8-6-4-2/h5,7,11,13,16-17,19-20,22-23,25-26,35,37,43,45,49-51,53-56,58-59,61-63H,3-4,6,8-10,12,14-15,18,21,24,27-34,36,38-42,44,46-48H2,1-2H3,(H,57,60)/b7-5-,13-11-,17-16-,20-19-,23-22-,26-25-,37-35+,45-43+. The Morgan fingerprint density at radius 3 is 1.48 bits per heavy atom. The maximum atomic E-state index is 13.0. The Morgan fingerprint density at radius 2 is 0.969 bits per heavy atom. The van der Waals surface area contributed by atoms with Crippen LogP contribution in [0, 0.1) is 0 Å². The monoisotopic (exact) mass is 910 g/mol. The van der Waals surface area contributed by atoms with Gasteiger partial charge in [0.2, 0.25) is 5.91 Å². The van der Waals surface area contributed by atoms with Gasteiger partial charge in [-0.3, -0.25) is 4.79 Å². The third-order valence-corrected chi connectivity index (χ3v) is 11.6. The zero-order valence-electron chi connectivity index (χ0n) is 41.0. The van der Waals surface area contributed by atoms with Crippen LogP contribution in [0.25, 0.3) is 0 Å². The van der Waals surface area contributed by atoms with Gasteiger partial charge in [-0.1, -0.05) is 201 Å². The lowest BCUT2D eigenvalue weighted by atomic mass is 9.99. The van der Waals surface area contributed by atoms with Crippen molar-refractivity contribution in [3.63, 3.8) is 0 Å². The molecule has 1 amide bonds. The van der Waals surface area contributed by atoms with E-state index in [9.17, 15) is 30.3 Å². The Kier molecular flexibility index (Phi) is 41.6. The SMILES string of the molecule is CC/C=C\C/C=C\C/C=C\C/C=C\C/C=C\C/C=C\CCCCCCCCCCCCCCC(=O)NC(COC1OC(CO)C(O)C(O)C1O)C(O)/C=C/CC/C=C/CCCCCCC. The van der Waals surface area contributed by atoms with E-state index in [0.29, 0.717) is 6.42 Å². The molecule has 0 radical (unpaired) electrons. The minimum Gasteiger partial charge on any atom is -0.394 e. The number of ether oxygens (including phenoxy) is 2. The summed E-state index contributed by atoms with van der Waals surface area (Å²) in [7, 11) is 0. The highest BCUT2D eigenvalue weighted by Crippen LogP contribution is 2.22. The van der Waals surface area contributed by atoms with Crippen molar-refractivity contribution in [3.8, 4) is 0 Å². The van der Waals surface area contributed by atoms with Gasteiger partial charge in [0.25, 0.3) is 0 Å². The molecular weight excluding hydrogens is 815 g/mol. The fraction of sp³-hybridized carbons (Fsp3) is 0.696. The van der Waals surface area contributed by atoms with Gasteiger partial charge in [-0.2, -0.15) is 0 Å². The van der Waals surface area contributed by atoms with E-state index < -0.39 is 49.5 Å². The van der Waals surface area contributed by atoms with Crippen LogP contribution >= 0.6 is 0 Å². The van der Waals surface area contributed by atoms with Crippen molar-refractivity contribution in [2.75, 3.05) is 13.2 Å². The Labute approximate surface area is 396 Å². The van der Waals surface area contributed by atoms with E-state index in [4.69, 9.17) is 9.47 Å².